The van der Waals surface area contributed by atoms with Gasteiger partial charge >= 0.3 is 6.61 Å². The van der Waals surface area contributed by atoms with Gasteiger partial charge in [-0.15, -0.1) is 24.0 Å². The Hall–Kier alpha value is -3.09. The Morgan fingerprint density at radius 3 is 2.67 bits per heavy atom. The minimum Gasteiger partial charge on any atom is -0.454 e. The molecular weight excluding hydrogens is 547 g/mol. The lowest BCUT2D eigenvalue weighted by Crippen LogP contribution is -2.37. The molecule has 1 aliphatic rings. The summed E-state index contributed by atoms with van der Waals surface area (Å²) in [5.41, 5.74) is 2.43. The number of rotatable bonds is 8. The Balaban J connectivity index is 0.00000306. The smallest absolute Gasteiger partial charge is 0.387 e. The largest absolute Gasteiger partial charge is 0.454 e. The number of hydrogen-bond acceptors (Lipinski definition) is 5. The first-order chi connectivity index (χ1) is 15.6. The van der Waals surface area contributed by atoms with Crippen LogP contribution in [-0.2, 0) is 13.1 Å². The number of aromatic nitrogens is 2. The number of guanidine groups is 1. The summed E-state index contributed by atoms with van der Waals surface area (Å²) in [7, 11) is 0. The van der Waals surface area contributed by atoms with Crippen molar-refractivity contribution >= 4 is 29.9 Å². The van der Waals surface area contributed by atoms with E-state index in [-0.39, 0.29) is 43.1 Å². The van der Waals surface area contributed by atoms with Gasteiger partial charge in [0.15, 0.2) is 17.5 Å². The molecule has 0 saturated carbocycles. The number of alkyl halides is 2. The highest BCUT2D eigenvalue weighted by atomic mass is 127. The van der Waals surface area contributed by atoms with Crippen molar-refractivity contribution in [2.45, 2.75) is 26.6 Å². The van der Waals surface area contributed by atoms with E-state index >= 15 is 0 Å². The fraction of sp³-hybridized carbons (Fsp3) is 0.273. The molecule has 0 bridgehead atoms. The van der Waals surface area contributed by atoms with Gasteiger partial charge in [0.05, 0.1) is 12.2 Å². The highest BCUT2D eigenvalue weighted by molar-refractivity contribution is 14.0. The van der Waals surface area contributed by atoms with Crippen LogP contribution >= 0.6 is 24.0 Å². The SMILES string of the molecule is CCNC(=NCc1cc2c(cc1OC(F)F)OCO2)NCc1ccccc1-n1cccn1.I. The fourth-order valence-corrected chi connectivity index (χ4v) is 3.27. The van der Waals surface area contributed by atoms with Crippen molar-refractivity contribution in [2.75, 3.05) is 13.3 Å². The highest BCUT2D eigenvalue weighted by Gasteiger charge is 2.20. The first-order valence-corrected chi connectivity index (χ1v) is 10.1. The fourth-order valence-electron chi connectivity index (χ4n) is 3.27. The van der Waals surface area contributed by atoms with Crippen LogP contribution in [0.2, 0.25) is 0 Å². The number of hydrogen-bond donors (Lipinski definition) is 2. The number of para-hydroxylation sites is 1. The summed E-state index contributed by atoms with van der Waals surface area (Å²) in [6.45, 7) is 0.256. The second-order valence-corrected chi connectivity index (χ2v) is 6.82. The van der Waals surface area contributed by atoms with E-state index in [1.54, 1.807) is 16.9 Å². The molecule has 11 heteroatoms. The zero-order valence-corrected chi connectivity index (χ0v) is 20.2. The first-order valence-electron chi connectivity index (χ1n) is 10.1. The summed E-state index contributed by atoms with van der Waals surface area (Å²) in [5.74, 6) is 1.38. The molecule has 0 spiro atoms. The van der Waals surface area contributed by atoms with Gasteiger partial charge < -0.3 is 24.8 Å². The molecule has 2 heterocycles. The van der Waals surface area contributed by atoms with Gasteiger partial charge in [-0.05, 0) is 30.7 Å². The summed E-state index contributed by atoms with van der Waals surface area (Å²) in [4.78, 5) is 4.54. The van der Waals surface area contributed by atoms with Gasteiger partial charge in [-0.2, -0.15) is 13.9 Å². The van der Waals surface area contributed by atoms with Crippen molar-refractivity contribution in [3.63, 3.8) is 0 Å². The van der Waals surface area contributed by atoms with E-state index in [2.05, 4.69) is 25.5 Å². The molecule has 2 aromatic carbocycles. The summed E-state index contributed by atoms with van der Waals surface area (Å²) in [6.07, 6.45) is 3.60. The number of halogens is 3. The van der Waals surface area contributed by atoms with Gasteiger partial charge in [0.1, 0.15) is 5.75 Å². The topological polar surface area (TPSA) is 81.9 Å². The van der Waals surface area contributed by atoms with E-state index in [1.165, 1.54) is 6.07 Å². The number of ether oxygens (including phenoxy) is 3. The third-order valence-corrected chi connectivity index (χ3v) is 4.71. The van der Waals surface area contributed by atoms with Crippen LogP contribution in [-0.4, -0.2) is 35.7 Å². The molecule has 0 fully saturated rings. The number of benzene rings is 2. The third-order valence-electron chi connectivity index (χ3n) is 4.71. The van der Waals surface area contributed by atoms with Crippen LogP contribution in [0.3, 0.4) is 0 Å². The molecule has 0 radical (unpaired) electrons. The molecule has 1 aliphatic heterocycles. The van der Waals surface area contributed by atoms with Gasteiger partial charge in [0.25, 0.3) is 0 Å². The number of aliphatic imine (C=N–C) groups is 1. The lowest BCUT2D eigenvalue weighted by Gasteiger charge is -2.15. The normalized spacial score (nSPS) is 12.4. The van der Waals surface area contributed by atoms with Crippen molar-refractivity contribution in [1.82, 2.24) is 20.4 Å². The number of nitrogens with zero attached hydrogens (tertiary/aromatic N) is 3. The Bertz CT molecular complexity index is 1080. The van der Waals surface area contributed by atoms with Crippen LogP contribution in [0.1, 0.15) is 18.1 Å². The van der Waals surface area contributed by atoms with Crippen molar-refractivity contribution in [3.8, 4) is 22.9 Å². The third kappa shape index (κ3) is 6.24. The highest BCUT2D eigenvalue weighted by Crippen LogP contribution is 2.39. The van der Waals surface area contributed by atoms with E-state index in [1.807, 2.05) is 43.5 Å². The molecule has 0 amide bonds. The number of fused-ring (bicyclic) bond motifs is 1. The molecule has 33 heavy (non-hydrogen) atoms. The summed E-state index contributed by atoms with van der Waals surface area (Å²) in [5, 5.41) is 10.7. The Kier molecular flexibility index (Phi) is 8.69. The van der Waals surface area contributed by atoms with Crippen molar-refractivity contribution in [1.29, 1.82) is 0 Å². The maximum atomic E-state index is 12.9. The van der Waals surface area contributed by atoms with E-state index < -0.39 is 6.61 Å². The molecule has 0 unspecified atom stereocenters. The minimum atomic E-state index is -2.96. The van der Waals surface area contributed by atoms with Gasteiger partial charge in [0.2, 0.25) is 6.79 Å². The Morgan fingerprint density at radius 1 is 1.15 bits per heavy atom. The molecule has 4 rings (SSSR count). The molecule has 0 atom stereocenters. The van der Waals surface area contributed by atoms with E-state index in [4.69, 9.17) is 9.47 Å². The molecule has 176 valence electrons. The van der Waals surface area contributed by atoms with Gasteiger partial charge in [-0.3, -0.25) is 0 Å². The van der Waals surface area contributed by atoms with Crippen LogP contribution in [0, 0.1) is 0 Å². The second kappa shape index (κ2) is 11.7. The maximum absolute atomic E-state index is 12.9. The van der Waals surface area contributed by atoms with Crippen LogP contribution in [0.15, 0.2) is 59.9 Å². The van der Waals surface area contributed by atoms with Crippen LogP contribution in [0.25, 0.3) is 5.69 Å². The average molecular weight is 571 g/mol. The van der Waals surface area contributed by atoms with Crippen LogP contribution < -0.4 is 24.8 Å². The second-order valence-electron chi connectivity index (χ2n) is 6.82. The van der Waals surface area contributed by atoms with Gasteiger partial charge in [-0.1, -0.05) is 18.2 Å². The predicted molar refractivity (Wildman–Crippen MR) is 130 cm³/mol. The van der Waals surface area contributed by atoms with Crippen LogP contribution in [0.4, 0.5) is 8.78 Å². The molecule has 8 nitrogen and oxygen atoms in total. The summed E-state index contributed by atoms with van der Waals surface area (Å²) >= 11 is 0. The summed E-state index contributed by atoms with van der Waals surface area (Å²) in [6, 6.07) is 12.8. The molecule has 1 aromatic heterocycles. The lowest BCUT2D eigenvalue weighted by atomic mass is 10.1. The van der Waals surface area contributed by atoms with Crippen LogP contribution in [0.5, 0.6) is 17.2 Å². The average Bonchev–Trinajstić information content (AvgIpc) is 3.47. The molecular formula is C22H24F2IN5O3. The molecule has 2 N–H and O–H groups in total. The monoisotopic (exact) mass is 571 g/mol. The van der Waals surface area contributed by atoms with Crippen molar-refractivity contribution < 1.29 is 23.0 Å². The van der Waals surface area contributed by atoms with E-state index in [9.17, 15) is 8.78 Å². The van der Waals surface area contributed by atoms with Gasteiger partial charge in [0, 0.05) is 37.1 Å². The first kappa shape index (κ1) is 24.6. The predicted octanol–water partition coefficient (Wildman–Crippen LogP) is 4.08. The Labute approximate surface area is 207 Å². The molecule has 0 aliphatic carbocycles. The Morgan fingerprint density at radius 2 is 1.94 bits per heavy atom. The van der Waals surface area contributed by atoms with Crippen molar-refractivity contribution in [3.05, 3.63) is 66.0 Å². The maximum Gasteiger partial charge on any atom is 0.387 e. The quantitative estimate of drug-likeness (QED) is 0.241. The zero-order valence-electron chi connectivity index (χ0n) is 17.8. The molecule has 3 aromatic rings. The van der Waals surface area contributed by atoms with E-state index in [0.717, 1.165) is 11.3 Å². The van der Waals surface area contributed by atoms with Crippen molar-refractivity contribution in [2.24, 2.45) is 4.99 Å². The standard InChI is InChI=1S/C22H23F2N5O3.HI/c1-2-25-22(26-12-15-6-3-4-7-17(15)29-9-5-8-28-29)27-13-16-10-19-20(31-14-30-19)11-18(16)32-21(23)24;/h3-11,21H,2,12-14H2,1H3,(H2,25,26,27);1H. The summed E-state index contributed by atoms with van der Waals surface area (Å²) < 4.78 is 42.8. The van der Waals surface area contributed by atoms with E-state index in [0.29, 0.717) is 36.1 Å². The lowest BCUT2D eigenvalue weighted by molar-refractivity contribution is -0.0505. The number of nitrogens with one attached hydrogen (secondary N) is 2. The minimum absolute atomic E-state index is 0. The van der Waals surface area contributed by atoms with Gasteiger partial charge in [-0.25, -0.2) is 9.67 Å². The molecule has 0 saturated heterocycles. The zero-order chi connectivity index (χ0) is 22.3.